The molecule has 18 heavy (non-hydrogen) atoms. The van der Waals surface area contributed by atoms with Gasteiger partial charge in [0.1, 0.15) is 5.76 Å². The van der Waals surface area contributed by atoms with Crippen molar-refractivity contribution in [3.63, 3.8) is 0 Å². The van der Waals surface area contributed by atoms with Crippen molar-refractivity contribution < 1.29 is 19.1 Å². The van der Waals surface area contributed by atoms with Crippen LogP contribution in [0.3, 0.4) is 0 Å². The first-order chi connectivity index (χ1) is 8.31. The summed E-state index contributed by atoms with van der Waals surface area (Å²) in [6, 6.07) is -0.458. The molecule has 0 bridgehead atoms. The van der Waals surface area contributed by atoms with Crippen LogP contribution < -0.4 is 10.6 Å². The molecule has 0 spiro atoms. The van der Waals surface area contributed by atoms with Crippen molar-refractivity contribution in [2.75, 3.05) is 6.54 Å². The molecule has 100 valence electrons. The van der Waals surface area contributed by atoms with Crippen LogP contribution in [0.15, 0.2) is 10.6 Å². The summed E-state index contributed by atoms with van der Waals surface area (Å²) in [7, 11) is 0. The molecular weight excluding hydrogens is 238 g/mol. The van der Waals surface area contributed by atoms with E-state index < -0.39 is 17.4 Å². The zero-order valence-corrected chi connectivity index (χ0v) is 10.6. The lowest BCUT2D eigenvalue weighted by Crippen LogP contribution is -2.43. The summed E-state index contributed by atoms with van der Waals surface area (Å²) in [6.45, 7) is 5.03. The quantitative estimate of drug-likeness (QED) is 0.724. The van der Waals surface area contributed by atoms with Crippen LogP contribution in [0.25, 0.3) is 0 Å². The molecule has 0 fully saturated rings. The summed E-state index contributed by atoms with van der Waals surface area (Å²) in [5, 5.41) is 13.9. The Kier molecular flexibility index (Phi) is 4.30. The van der Waals surface area contributed by atoms with Crippen molar-refractivity contribution in [2.24, 2.45) is 5.41 Å². The van der Waals surface area contributed by atoms with Crippen LogP contribution in [0.5, 0.6) is 0 Å². The van der Waals surface area contributed by atoms with Gasteiger partial charge in [0.05, 0.1) is 18.2 Å². The number of rotatable bonds is 5. The molecule has 0 aromatic carbocycles. The van der Waals surface area contributed by atoms with E-state index in [0.29, 0.717) is 11.7 Å². The van der Waals surface area contributed by atoms with Gasteiger partial charge in [0.2, 0.25) is 5.89 Å². The number of hydrogen-bond acceptors (Lipinski definition) is 4. The van der Waals surface area contributed by atoms with E-state index in [1.54, 1.807) is 13.1 Å². The van der Waals surface area contributed by atoms with Gasteiger partial charge in [-0.2, -0.15) is 0 Å². The topological polar surface area (TPSA) is 104 Å². The number of nitrogens with one attached hydrogen (secondary N) is 2. The fourth-order valence-corrected chi connectivity index (χ4v) is 1.08. The van der Waals surface area contributed by atoms with E-state index >= 15 is 0 Å². The molecule has 2 amide bonds. The molecule has 7 nitrogen and oxygen atoms in total. The number of carboxylic acids is 1. The third-order valence-corrected chi connectivity index (χ3v) is 2.34. The Morgan fingerprint density at radius 1 is 1.44 bits per heavy atom. The van der Waals surface area contributed by atoms with Gasteiger partial charge in [0.25, 0.3) is 0 Å². The second-order valence-electron chi connectivity index (χ2n) is 4.59. The average molecular weight is 255 g/mol. The van der Waals surface area contributed by atoms with E-state index in [1.165, 1.54) is 13.8 Å². The molecule has 0 radical (unpaired) electrons. The Hall–Kier alpha value is -2.05. The number of nitrogens with zero attached hydrogens (tertiary/aromatic N) is 1. The normalized spacial score (nSPS) is 11.1. The molecule has 0 aliphatic heterocycles. The molecule has 3 N–H and O–H groups in total. The molecule has 1 aromatic rings. The van der Waals surface area contributed by atoms with Crippen molar-refractivity contribution in [1.29, 1.82) is 0 Å². The van der Waals surface area contributed by atoms with Crippen molar-refractivity contribution in [1.82, 2.24) is 15.6 Å². The third kappa shape index (κ3) is 4.08. The lowest BCUT2D eigenvalue weighted by Gasteiger charge is -2.19. The van der Waals surface area contributed by atoms with Gasteiger partial charge in [0.15, 0.2) is 0 Å². The van der Waals surface area contributed by atoms with E-state index in [1.807, 2.05) is 0 Å². The highest BCUT2D eigenvalue weighted by atomic mass is 16.4. The molecule has 1 heterocycles. The smallest absolute Gasteiger partial charge is 0.315 e. The minimum atomic E-state index is -1.00. The summed E-state index contributed by atoms with van der Waals surface area (Å²) in [5.41, 5.74) is -1.00. The minimum absolute atomic E-state index is 0.0405. The highest BCUT2D eigenvalue weighted by Gasteiger charge is 2.27. The predicted octanol–water partition coefficient (Wildman–Crippen LogP) is 0.893. The maximum atomic E-state index is 11.4. The first-order valence-electron chi connectivity index (χ1n) is 5.47. The number of amides is 2. The molecule has 0 saturated heterocycles. The summed E-state index contributed by atoms with van der Waals surface area (Å²) in [4.78, 5) is 26.1. The van der Waals surface area contributed by atoms with Gasteiger partial charge in [-0.3, -0.25) is 4.79 Å². The SMILES string of the molecule is Cc1cnc(CNC(=O)NCC(C)(C)C(=O)O)o1. The van der Waals surface area contributed by atoms with Crippen molar-refractivity contribution >= 4 is 12.0 Å². The van der Waals surface area contributed by atoms with E-state index in [-0.39, 0.29) is 13.1 Å². The third-order valence-electron chi connectivity index (χ3n) is 2.34. The lowest BCUT2D eigenvalue weighted by atomic mass is 9.94. The number of oxazole rings is 1. The molecule has 0 aliphatic carbocycles. The van der Waals surface area contributed by atoms with E-state index in [0.717, 1.165) is 0 Å². The second kappa shape index (κ2) is 5.52. The number of carbonyl (C=O) groups is 2. The monoisotopic (exact) mass is 255 g/mol. The largest absolute Gasteiger partial charge is 0.481 e. The minimum Gasteiger partial charge on any atom is -0.481 e. The molecule has 1 rings (SSSR count). The van der Waals surface area contributed by atoms with Gasteiger partial charge in [-0.15, -0.1) is 0 Å². The number of aliphatic carboxylic acids is 1. The Balaban J connectivity index is 2.32. The Morgan fingerprint density at radius 2 is 2.11 bits per heavy atom. The Morgan fingerprint density at radius 3 is 2.61 bits per heavy atom. The predicted molar refractivity (Wildman–Crippen MR) is 62.9 cm³/mol. The van der Waals surface area contributed by atoms with Crippen molar-refractivity contribution in [3.8, 4) is 0 Å². The van der Waals surface area contributed by atoms with Crippen LogP contribution in [0.1, 0.15) is 25.5 Å². The van der Waals surface area contributed by atoms with Crippen LogP contribution in [0.2, 0.25) is 0 Å². The lowest BCUT2D eigenvalue weighted by molar-refractivity contribution is -0.146. The maximum absolute atomic E-state index is 11.4. The molecule has 0 atom stereocenters. The highest BCUT2D eigenvalue weighted by molar-refractivity contribution is 5.77. The van der Waals surface area contributed by atoms with Crippen LogP contribution in [-0.4, -0.2) is 28.6 Å². The first-order valence-corrected chi connectivity index (χ1v) is 5.47. The first kappa shape index (κ1) is 14.0. The molecule has 1 aromatic heterocycles. The zero-order valence-electron chi connectivity index (χ0n) is 10.6. The number of aromatic nitrogens is 1. The zero-order chi connectivity index (χ0) is 13.8. The van der Waals surface area contributed by atoms with E-state index in [9.17, 15) is 9.59 Å². The van der Waals surface area contributed by atoms with Crippen LogP contribution in [0, 0.1) is 12.3 Å². The number of carbonyl (C=O) groups excluding carboxylic acids is 1. The number of carboxylic acid groups (broad SMARTS) is 1. The Bertz CT molecular complexity index is 439. The van der Waals surface area contributed by atoms with Crippen LogP contribution >= 0.6 is 0 Å². The number of aryl methyl sites for hydroxylation is 1. The van der Waals surface area contributed by atoms with Gasteiger partial charge >= 0.3 is 12.0 Å². The molecule has 7 heteroatoms. The molecule has 0 unspecified atom stereocenters. The number of urea groups is 1. The fourth-order valence-electron chi connectivity index (χ4n) is 1.08. The molecule has 0 saturated carbocycles. The van der Waals surface area contributed by atoms with Crippen molar-refractivity contribution in [2.45, 2.75) is 27.3 Å². The Labute approximate surface area is 105 Å². The van der Waals surface area contributed by atoms with Gasteiger partial charge in [-0.1, -0.05) is 0 Å². The van der Waals surface area contributed by atoms with Gasteiger partial charge < -0.3 is 20.2 Å². The van der Waals surface area contributed by atoms with Crippen molar-refractivity contribution in [3.05, 3.63) is 17.8 Å². The van der Waals surface area contributed by atoms with Crippen LogP contribution in [-0.2, 0) is 11.3 Å². The second-order valence-corrected chi connectivity index (χ2v) is 4.59. The standard InChI is InChI=1S/C11H17N3O4/c1-7-4-12-8(18-7)5-13-10(17)14-6-11(2,3)9(15)16/h4H,5-6H2,1-3H3,(H,15,16)(H2,13,14,17). The average Bonchev–Trinajstić information content (AvgIpc) is 2.69. The summed E-state index contributed by atoms with van der Waals surface area (Å²) < 4.78 is 5.17. The fraction of sp³-hybridized carbons (Fsp3) is 0.545. The van der Waals surface area contributed by atoms with Gasteiger partial charge in [-0.25, -0.2) is 9.78 Å². The number of hydrogen-bond donors (Lipinski definition) is 3. The molecular formula is C11H17N3O4. The summed E-state index contributed by atoms with van der Waals surface area (Å²) in [5.74, 6) is 0.102. The maximum Gasteiger partial charge on any atom is 0.315 e. The molecule has 0 aliphatic rings. The van der Waals surface area contributed by atoms with Crippen LogP contribution in [0.4, 0.5) is 4.79 Å². The van der Waals surface area contributed by atoms with Gasteiger partial charge in [0, 0.05) is 6.54 Å². The van der Waals surface area contributed by atoms with E-state index in [2.05, 4.69) is 15.6 Å². The highest BCUT2D eigenvalue weighted by Crippen LogP contribution is 2.12. The summed E-state index contributed by atoms with van der Waals surface area (Å²) >= 11 is 0. The van der Waals surface area contributed by atoms with Gasteiger partial charge in [-0.05, 0) is 20.8 Å². The van der Waals surface area contributed by atoms with E-state index in [4.69, 9.17) is 9.52 Å². The summed E-state index contributed by atoms with van der Waals surface area (Å²) in [6.07, 6.45) is 1.56.